The second-order valence-electron chi connectivity index (χ2n) is 2.03. The Morgan fingerprint density at radius 2 is 1.91 bits per heavy atom. The van der Waals surface area contributed by atoms with Crippen molar-refractivity contribution in [3.8, 4) is 0 Å². The highest BCUT2D eigenvalue weighted by atomic mass is 33.1. The topological polar surface area (TPSA) is 49.9 Å². The van der Waals surface area contributed by atoms with Crippen molar-refractivity contribution in [1.29, 1.82) is 5.16 Å². The molecule has 0 radical (unpaired) electrons. The number of nitrogens with one attached hydrogen (secondary N) is 1. The number of nitrogens with two attached hydrogens (primary N) is 1. The molecular weight excluding hydrogens is 195 g/mol. The number of rotatable bonds is 2. The molecule has 0 amide bonds. The predicted octanol–water partition coefficient (Wildman–Crippen LogP) is 3.19. The van der Waals surface area contributed by atoms with Crippen molar-refractivity contribution in [1.82, 2.24) is 0 Å². The summed E-state index contributed by atoms with van der Waals surface area (Å²) in [5.74, 6) is 0. The summed E-state index contributed by atoms with van der Waals surface area (Å²) in [6.45, 7) is 0. The van der Waals surface area contributed by atoms with E-state index in [9.17, 15) is 0 Å². The largest absolute Gasteiger partial charge is 0.285 e. The number of benzene rings is 1. The van der Waals surface area contributed by atoms with Crippen LogP contribution in [0, 0.1) is 5.16 Å². The van der Waals surface area contributed by atoms with Gasteiger partial charge in [0.05, 0.1) is 0 Å². The highest BCUT2D eigenvalue weighted by molar-refractivity contribution is 8.85. The molecule has 0 heterocycles. The maximum atomic E-state index is 7.39. The van der Waals surface area contributed by atoms with Gasteiger partial charge in [0, 0.05) is 4.90 Å². The second-order valence-corrected chi connectivity index (χ2v) is 8.91. The molecule has 1 unspecified atom stereocenters. The molecule has 0 spiro atoms. The van der Waals surface area contributed by atoms with Gasteiger partial charge in [-0.3, -0.25) is 10.7 Å². The summed E-state index contributed by atoms with van der Waals surface area (Å²) in [4.78, 5) is 1.01. The molecule has 0 aliphatic heterocycles. The molecule has 0 bridgehead atoms. The van der Waals surface area contributed by atoms with E-state index in [0.29, 0.717) is 0 Å². The fraction of sp³-hybridized carbons (Fsp3) is 0. The van der Waals surface area contributed by atoms with Crippen LogP contribution in [0.3, 0.4) is 0 Å². The minimum Gasteiger partial charge on any atom is -0.285 e. The van der Waals surface area contributed by atoms with Crippen LogP contribution >= 0.6 is 29.2 Å². The summed E-state index contributed by atoms with van der Waals surface area (Å²) in [6, 6.07) is 9.63. The Kier molecular flexibility index (Phi) is 3.07. The van der Waals surface area contributed by atoms with E-state index in [1.165, 1.54) is 11.4 Å². The first-order valence-corrected chi connectivity index (χ1v) is 7.41. The average molecular weight is 204 g/mol. The van der Waals surface area contributed by atoms with E-state index in [1.807, 2.05) is 30.3 Å². The Balaban J connectivity index is 2.74. The molecule has 3 N–H and O–H groups in total. The first-order valence-electron chi connectivity index (χ1n) is 2.98. The smallest absolute Gasteiger partial charge is 0.133 e. The number of hydrogen-bond donors (Lipinski definition) is 3. The lowest BCUT2D eigenvalue weighted by molar-refractivity contribution is 1.48. The molecule has 0 saturated carbocycles. The normalized spacial score (nSPS) is 15.8. The summed E-state index contributed by atoms with van der Waals surface area (Å²) in [5.41, 5.74) is 3.20. The van der Waals surface area contributed by atoms with Gasteiger partial charge < -0.3 is 0 Å². The Morgan fingerprint density at radius 1 is 1.36 bits per heavy atom. The van der Waals surface area contributed by atoms with E-state index in [1.54, 1.807) is 0 Å². The third-order valence-electron chi connectivity index (χ3n) is 0.988. The zero-order valence-corrected chi connectivity index (χ0v) is 8.37. The summed E-state index contributed by atoms with van der Waals surface area (Å²) < 4.78 is 0. The maximum Gasteiger partial charge on any atom is 0.133 e. The molecule has 0 aliphatic carbocycles. The first-order chi connectivity index (χ1) is 5.08. The lowest BCUT2D eigenvalue weighted by Gasteiger charge is -2.06. The van der Waals surface area contributed by atoms with Crippen LogP contribution in [0.4, 0.5) is 0 Å². The molecule has 0 aromatic heterocycles. The van der Waals surface area contributed by atoms with Crippen LogP contribution < -0.4 is 5.50 Å². The predicted molar refractivity (Wildman–Crippen MR) is 55.1 cm³/mol. The molecule has 1 aromatic carbocycles. The lowest BCUT2D eigenvalue weighted by atomic mass is 10.4. The second kappa shape index (κ2) is 3.68. The molecule has 11 heavy (non-hydrogen) atoms. The van der Waals surface area contributed by atoms with E-state index in [-0.39, 0.29) is 0 Å². The Morgan fingerprint density at radius 3 is 2.36 bits per heavy atom. The quantitative estimate of drug-likeness (QED) is 0.512. The van der Waals surface area contributed by atoms with Crippen LogP contribution in [0.2, 0.25) is 0 Å². The fourth-order valence-electron chi connectivity index (χ4n) is 0.642. The van der Waals surface area contributed by atoms with Gasteiger partial charge in [0.1, 0.15) is 5.61 Å². The minimum atomic E-state index is -2.28. The van der Waals surface area contributed by atoms with Gasteiger partial charge in [-0.1, -0.05) is 29.6 Å². The molecule has 0 saturated heterocycles. The molecule has 0 aliphatic rings. The first kappa shape index (κ1) is 9.20. The van der Waals surface area contributed by atoms with Crippen molar-refractivity contribution in [2.45, 2.75) is 4.90 Å². The highest BCUT2D eigenvalue weighted by Gasteiger charge is 2.04. The highest BCUT2D eigenvalue weighted by Crippen LogP contribution is 2.59. The molecule has 1 atom stereocenters. The van der Waals surface area contributed by atoms with Crippen LogP contribution in [-0.2, 0) is 0 Å². The van der Waals surface area contributed by atoms with Crippen LogP contribution in [0.5, 0.6) is 0 Å². The lowest BCUT2D eigenvalue weighted by Crippen LogP contribution is -1.79. The van der Waals surface area contributed by atoms with Crippen molar-refractivity contribution in [2.75, 3.05) is 0 Å². The molecule has 2 nitrogen and oxygen atoms in total. The Hall–Kier alpha value is 0.110. The van der Waals surface area contributed by atoms with Crippen LogP contribution in [0.1, 0.15) is 0 Å². The van der Waals surface area contributed by atoms with Gasteiger partial charge >= 0.3 is 0 Å². The van der Waals surface area contributed by atoms with Crippen LogP contribution in [0.25, 0.3) is 0 Å². The molecular formula is C6H9N2PS2. The molecule has 60 valence electrons. The molecule has 1 aromatic rings. The fourth-order valence-corrected chi connectivity index (χ4v) is 3.42. The molecule has 1 rings (SSSR count). The van der Waals surface area contributed by atoms with Crippen molar-refractivity contribution < 1.29 is 0 Å². The van der Waals surface area contributed by atoms with Gasteiger partial charge in [0.15, 0.2) is 0 Å². The van der Waals surface area contributed by atoms with Crippen LogP contribution in [0.15, 0.2) is 35.2 Å². The third-order valence-corrected chi connectivity index (χ3v) is 3.95. The number of thiol groups is 1. The van der Waals surface area contributed by atoms with E-state index >= 15 is 0 Å². The number of hydrogen-bond acceptors (Lipinski definition) is 2. The monoisotopic (exact) mass is 204 g/mol. The van der Waals surface area contributed by atoms with Gasteiger partial charge in [-0.25, -0.2) is 0 Å². The van der Waals surface area contributed by atoms with Gasteiger partial charge in [0.25, 0.3) is 0 Å². The van der Waals surface area contributed by atoms with E-state index < -0.39 is 5.61 Å². The van der Waals surface area contributed by atoms with Crippen molar-refractivity contribution in [2.24, 2.45) is 5.50 Å². The van der Waals surface area contributed by atoms with Crippen molar-refractivity contribution in [3.05, 3.63) is 30.3 Å². The van der Waals surface area contributed by atoms with Crippen LogP contribution in [-0.4, -0.2) is 0 Å². The summed E-state index contributed by atoms with van der Waals surface area (Å²) in [6.07, 6.45) is 0. The molecule has 0 fully saturated rings. The maximum absolute atomic E-state index is 7.39. The van der Waals surface area contributed by atoms with Crippen molar-refractivity contribution in [3.63, 3.8) is 0 Å². The Bertz CT molecular complexity index is 269. The van der Waals surface area contributed by atoms with Gasteiger partial charge in [-0.05, 0) is 12.1 Å². The summed E-state index contributed by atoms with van der Waals surface area (Å²) in [5, 5.41) is 7.39. The zero-order chi connectivity index (χ0) is 8.32. The SMILES string of the molecule is N=P(N)(S)Sc1ccccc1. The summed E-state index contributed by atoms with van der Waals surface area (Å²) in [7, 11) is 0. The summed E-state index contributed by atoms with van der Waals surface area (Å²) >= 11 is 5.31. The van der Waals surface area contributed by atoms with E-state index in [0.717, 1.165) is 4.90 Å². The Labute approximate surface area is 75.4 Å². The van der Waals surface area contributed by atoms with Gasteiger partial charge in [-0.15, -0.1) is 12.2 Å². The average Bonchev–Trinajstić information content (AvgIpc) is 1.85. The molecule has 5 heteroatoms. The zero-order valence-electron chi connectivity index (χ0n) is 5.77. The standard InChI is InChI=1S/C6H9N2PS2/c7-9(8,10)11-6-4-2-1-3-5-6/h1-5H,(H4,7,8,10). The van der Waals surface area contributed by atoms with Gasteiger partial charge in [-0.2, -0.15) is 0 Å². The minimum absolute atomic E-state index is 1.01. The van der Waals surface area contributed by atoms with E-state index in [4.69, 9.17) is 10.7 Å². The van der Waals surface area contributed by atoms with Gasteiger partial charge in [0.2, 0.25) is 0 Å². The van der Waals surface area contributed by atoms with E-state index in [2.05, 4.69) is 12.2 Å². The van der Waals surface area contributed by atoms with Crippen molar-refractivity contribution >= 4 is 29.2 Å². The third kappa shape index (κ3) is 3.87.